The highest BCUT2D eigenvalue weighted by atomic mass is 19.4. The third kappa shape index (κ3) is 4.35. The van der Waals surface area contributed by atoms with E-state index in [1.54, 1.807) is 19.2 Å². The molecule has 10 heteroatoms. The maximum absolute atomic E-state index is 12.9. The minimum atomic E-state index is -4.36. The fraction of sp³-hybridized carbons (Fsp3) is 0.417. The molecule has 0 amide bonds. The monoisotopic (exact) mass is 470 g/mol. The van der Waals surface area contributed by atoms with Crippen molar-refractivity contribution in [3.63, 3.8) is 0 Å². The number of aryl methyl sites for hydroxylation is 1. The summed E-state index contributed by atoms with van der Waals surface area (Å²) in [6, 6.07) is 10.6. The minimum Gasteiger partial charge on any atom is -0.349 e. The van der Waals surface area contributed by atoms with Crippen molar-refractivity contribution in [2.24, 2.45) is 7.05 Å². The molecule has 2 unspecified atom stereocenters. The van der Waals surface area contributed by atoms with E-state index in [0.29, 0.717) is 36.5 Å². The van der Waals surface area contributed by atoms with Crippen LogP contribution in [0.5, 0.6) is 0 Å². The van der Waals surface area contributed by atoms with Crippen molar-refractivity contribution in [2.75, 3.05) is 24.5 Å². The predicted molar refractivity (Wildman–Crippen MR) is 122 cm³/mol. The molecule has 1 aromatic carbocycles. The van der Waals surface area contributed by atoms with Crippen LogP contribution in [0.3, 0.4) is 0 Å². The number of alkyl halides is 3. The van der Waals surface area contributed by atoms with Crippen molar-refractivity contribution < 1.29 is 13.2 Å². The Morgan fingerprint density at radius 1 is 1.15 bits per heavy atom. The van der Waals surface area contributed by atoms with E-state index in [9.17, 15) is 23.2 Å². The van der Waals surface area contributed by atoms with Crippen molar-refractivity contribution in [3.05, 3.63) is 63.7 Å². The third-order valence-corrected chi connectivity index (χ3v) is 6.58. The van der Waals surface area contributed by atoms with Crippen molar-refractivity contribution in [3.8, 4) is 6.07 Å². The van der Waals surface area contributed by atoms with Gasteiger partial charge in [-0.1, -0.05) is 19.1 Å². The van der Waals surface area contributed by atoms with Crippen LogP contribution >= 0.6 is 0 Å². The van der Waals surface area contributed by atoms with E-state index in [1.807, 2.05) is 19.9 Å². The Balaban J connectivity index is 1.62. The number of nitriles is 1. The molecule has 0 bridgehead atoms. The molecule has 4 rings (SSSR count). The number of benzene rings is 1. The highest BCUT2D eigenvalue weighted by molar-refractivity contribution is 5.86. The normalized spacial score (nSPS) is 18.1. The van der Waals surface area contributed by atoms with Gasteiger partial charge in [-0.3, -0.25) is 9.47 Å². The van der Waals surface area contributed by atoms with Crippen molar-refractivity contribution in [2.45, 2.75) is 38.5 Å². The Hall–Kier alpha value is -3.45. The molecule has 178 valence electrons. The Morgan fingerprint density at radius 3 is 2.47 bits per heavy atom. The minimum absolute atomic E-state index is 0.0148. The summed E-state index contributed by atoms with van der Waals surface area (Å²) in [5, 5.41) is 9.30. The van der Waals surface area contributed by atoms with Crippen molar-refractivity contribution in [1.29, 1.82) is 5.26 Å². The molecule has 0 N–H and O–H groups in total. The molecule has 0 spiro atoms. The topological polar surface area (TPSA) is 78.0 Å². The number of nitrogens with zero attached hydrogens (tertiary/aromatic N) is 6. The molecule has 1 saturated heterocycles. The van der Waals surface area contributed by atoms with Crippen molar-refractivity contribution >= 4 is 16.9 Å². The maximum atomic E-state index is 12.9. The van der Waals surface area contributed by atoms with Gasteiger partial charge in [0.05, 0.1) is 11.1 Å². The number of piperazine rings is 1. The van der Waals surface area contributed by atoms with Gasteiger partial charge in [0.15, 0.2) is 5.82 Å². The van der Waals surface area contributed by atoms with Crippen LogP contribution in [0.15, 0.2) is 41.2 Å². The van der Waals surface area contributed by atoms with E-state index >= 15 is 0 Å². The molecular formula is C24H25F3N6O. The summed E-state index contributed by atoms with van der Waals surface area (Å²) < 4.78 is 40.2. The average Bonchev–Trinajstić information content (AvgIpc) is 2.84. The molecule has 0 saturated carbocycles. The maximum Gasteiger partial charge on any atom is 0.416 e. The van der Waals surface area contributed by atoms with Crippen LogP contribution in [-0.4, -0.2) is 45.1 Å². The van der Waals surface area contributed by atoms with Crippen LogP contribution in [0.1, 0.15) is 43.1 Å². The second-order valence-corrected chi connectivity index (χ2v) is 8.50. The molecule has 34 heavy (non-hydrogen) atoms. The highest BCUT2D eigenvalue weighted by Crippen LogP contribution is 2.32. The lowest BCUT2D eigenvalue weighted by Crippen LogP contribution is -2.54. The number of hydrogen-bond acceptors (Lipinski definition) is 6. The largest absolute Gasteiger partial charge is 0.416 e. The van der Waals surface area contributed by atoms with Gasteiger partial charge in [0, 0.05) is 38.8 Å². The van der Waals surface area contributed by atoms with Crippen LogP contribution in [-0.2, 0) is 13.2 Å². The zero-order valence-electron chi connectivity index (χ0n) is 19.2. The SMILES string of the molecule is CCC1CN(C(C)c2ccc(C(F)(F)F)cc2)CCN1c1nc(=O)n(C)c2ccc(C#N)nc12. The molecule has 2 aromatic heterocycles. The standard InChI is InChI=1S/C24H25F3N6O/c1-4-19-14-32(15(2)16-5-7-17(8-6-16)24(25,26)27)11-12-33(19)22-21-20(31(3)23(34)30-22)10-9-18(13-28)29-21/h5-10,15,19H,4,11-12,14H2,1-3H3. The zero-order valence-corrected chi connectivity index (χ0v) is 19.2. The first kappa shape index (κ1) is 23.7. The van der Waals surface area contributed by atoms with Gasteiger partial charge in [-0.05, 0) is 43.2 Å². The van der Waals surface area contributed by atoms with E-state index in [-0.39, 0.29) is 17.8 Å². The van der Waals surface area contributed by atoms with Gasteiger partial charge < -0.3 is 4.90 Å². The number of halogens is 3. The van der Waals surface area contributed by atoms with Gasteiger partial charge >= 0.3 is 11.9 Å². The van der Waals surface area contributed by atoms with Crippen LogP contribution in [0, 0.1) is 11.3 Å². The van der Waals surface area contributed by atoms with Gasteiger partial charge in [0.2, 0.25) is 0 Å². The first-order valence-corrected chi connectivity index (χ1v) is 11.1. The Morgan fingerprint density at radius 2 is 1.85 bits per heavy atom. The van der Waals surface area contributed by atoms with Gasteiger partial charge in [-0.2, -0.15) is 23.4 Å². The Kier molecular flexibility index (Phi) is 6.32. The lowest BCUT2D eigenvalue weighted by molar-refractivity contribution is -0.137. The summed E-state index contributed by atoms with van der Waals surface area (Å²) in [5.41, 5.74) is 1.11. The molecular weight excluding hydrogens is 445 g/mol. The van der Waals surface area contributed by atoms with Crippen LogP contribution in [0.25, 0.3) is 11.0 Å². The van der Waals surface area contributed by atoms with Gasteiger partial charge in [-0.25, -0.2) is 9.78 Å². The number of pyridine rings is 1. The van der Waals surface area contributed by atoms with E-state index in [0.717, 1.165) is 24.1 Å². The summed E-state index contributed by atoms with van der Waals surface area (Å²) in [5.74, 6) is 0.462. The number of anilines is 1. The Bertz CT molecular complexity index is 1300. The van der Waals surface area contributed by atoms with Gasteiger partial charge in [0.1, 0.15) is 17.3 Å². The second kappa shape index (κ2) is 9.06. The predicted octanol–water partition coefficient (Wildman–Crippen LogP) is 3.88. The number of rotatable bonds is 4. The van der Waals surface area contributed by atoms with E-state index in [2.05, 4.69) is 19.8 Å². The van der Waals surface area contributed by atoms with E-state index in [1.165, 1.54) is 16.7 Å². The van der Waals surface area contributed by atoms with Crippen LogP contribution in [0.4, 0.5) is 19.0 Å². The van der Waals surface area contributed by atoms with E-state index < -0.39 is 17.4 Å². The molecule has 2 atom stereocenters. The smallest absolute Gasteiger partial charge is 0.349 e. The quantitative estimate of drug-likeness (QED) is 0.576. The number of fused-ring (bicyclic) bond motifs is 1. The van der Waals surface area contributed by atoms with Gasteiger partial charge in [-0.15, -0.1) is 0 Å². The zero-order chi connectivity index (χ0) is 24.6. The number of aromatic nitrogens is 3. The molecule has 3 heterocycles. The lowest BCUT2D eigenvalue weighted by Gasteiger charge is -2.44. The number of hydrogen-bond donors (Lipinski definition) is 0. The fourth-order valence-corrected chi connectivity index (χ4v) is 4.49. The third-order valence-electron chi connectivity index (χ3n) is 6.58. The average molecular weight is 470 g/mol. The summed E-state index contributed by atoms with van der Waals surface area (Å²) in [7, 11) is 1.62. The summed E-state index contributed by atoms with van der Waals surface area (Å²) in [6.45, 7) is 5.88. The highest BCUT2D eigenvalue weighted by Gasteiger charge is 2.33. The van der Waals surface area contributed by atoms with Gasteiger partial charge in [0.25, 0.3) is 0 Å². The first-order chi connectivity index (χ1) is 16.1. The van der Waals surface area contributed by atoms with Crippen LogP contribution in [0.2, 0.25) is 0 Å². The first-order valence-electron chi connectivity index (χ1n) is 11.1. The lowest BCUT2D eigenvalue weighted by atomic mass is 10.0. The molecule has 0 aliphatic carbocycles. The summed E-state index contributed by atoms with van der Waals surface area (Å²) in [4.78, 5) is 25.6. The summed E-state index contributed by atoms with van der Waals surface area (Å²) in [6.07, 6.45) is -3.59. The van der Waals surface area contributed by atoms with E-state index in [4.69, 9.17) is 0 Å². The summed E-state index contributed by atoms with van der Waals surface area (Å²) >= 11 is 0. The van der Waals surface area contributed by atoms with Crippen LogP contribution < -0.4 is 10.6 Å². The molecule has 1 aliphatic heterocycles. The fourth-order valence-electron chi connectivity index (χ4n) is 4.49. The molecule has 3 aromatic rings. The molecule has 1 aliphatic rings. The van der Waals surface area contributed by atoms with Crippen molar-refractivity contribution in [1.82, 2.24) is 19.4 Å². The molecule has 7 nitrogen and oxygen atoms in total. The Labute approximate surface area is 195 Å². The second-order valence-electron chi connectivity index (χ2n) is 8.50. The molecule has 0 radical (unpaired) electrons. The molecule has 1 fully saturated rings.